The fourth-order valence-corrected chi connectivity index (χ4v) is 3.00. The molecule has 0 radical (unpaired) electrons. The highest BCUT2D eigenvalue weighted by Crippen LogP contribution is 2.52. The first-order valence-electron chi connectivity index (χ1n) is 5.93. The van der Waals surface area contributed by atoms with Crippen LogP contribution in [0.2, 0.25) is 0 Å². The molecular formula is C13H13BrN2O2. The first kappa shape index (κ1) is 11.9. The number of hydrogen-bond acceptors (Lipinski definition) is 3. The van der Waals surface area contributed by atoms with Crippen LogP contribution in [-0.2, 0) is 16.1 Å². The SMILES string of the molecule is NCC1C2C(=O)N(Cc3ccc(Br)cc3)C(=O)C12. The van der Waals surface area contributed by atoms with Crippen molar-refractivity contribution in [2.75, 3.05) is 6.54 Å². The number of imide groups is 1. The number of nitrogens with two attached hydrogens (primary N) is 1. The van der Waals surface area contributed by atoms with E-state index >= 15 is 0 Å². The topological polar surface area (TPSA) is 63.4 Å². The second kappa shape index (κ2) is 4.17. The van der Waals surface area contributed by atoms with E-state index < -0.39 is 0 Å². The smallest absolute Gasteiger partial charge is 0.233 e. The fourth-order valence-electron chi connectivity index (χ4n) is 2.74. The zero-order chi connectivity index (χ0) is 12.9. The van der Waals surface area contributed by atoms with Gasteiger partial charge in [0.05, 0.1) is 18.4 Å². The van der Waals surface area contributed by atoms with E-state index in [4.69, 9.17) is 5.73 Å². The highest BCUT2D eigenvalue weighted by Gasteiger charge is 2.66. The van der Waals surface area contributed by atoms with Crippen LogP contribution >= 0.6 is 15.9 Å². The molecule has 0 aromatic heterocycles. The zero-order valence-corrected chi connectivity index (χ0v) is 11.3. The van der Waals surface area contributed by atoms with Gasteiger partial charge in [-0.05, 0) is 30.2 Å². The number of rotatable bonds is 3. The number of halogens is 1. The molecule has 1 heterocycles. The number of benzene rings is 1. The number of nitrogens with zero attached hydrogens (tertiary/aromatic N) is 1. The van der Waals surface area contributed by atoms with Gasteiger partial charge in [-0.1, -0.05) is 28.1 Å². The second-order valence-electron chi connectivity index (χ2n) is 4.84. The average molecular weight is 309 g/mol. The van der Waals surface area contributed by atoms with Crippen molar-refractivity contribution in [1.82, 2.24) is 4.90 Å². The van der Waals surface area contributed by atoms with Crippen LogP contribution in [0.5, 0.6) is 0 Å². The second-order valence-corrected chi connectivity index (χ2v) is 5.76. The number of hydrogen-bond donors (Lipinski definition) is 1. The number of carbonyl (C=O) groups is 2. The van der Waals surface area contributed by atoms with Crippen molar-refractivity contribution in [2.45, 2.75) is 6.54 Å². The third kappa shape index (κ3) is 1.69. The summed E-state index contributed by atoms with van der Waals surface area (Å²) in [5, 5.41) is 0. The maximum atomic E-state index is 12.0. The predicted molar refractivity (Wildman–Crippen MR) is 69.2 cm³/mol. The van der Waals surface area contributed by atoms with Gasteiger partial charge in [0.1, 0.15) is 0 Å². The summed E-state index contributed by atoms with van der Waals surface area (Å²) in [6, 6.07) is 7.64. The number of fused-ring (bicyclic) bond motifs is 1. The fraction of sp³-hybridized carbons (Fsp3) is 0.385. The van der Waals surface area contributed by atoms with E-state index in [1.807, 2.05) is 24.3 Å². The molecule has 1 saturated carbocycles. The number of piperidine rings is 1. The van der Waals surface area contributed by atoms with E-state index in [0.29, 0.717) is 13.1 Å². The van der Waals surface area contributed by atoms with Gasteiger partial charge < -0.3 is 5.73 Å². The van der Waals surface area contributed by atoms with Gasteiger partial charge in [0.2, 0.25) is 11.8 Å². The number of likely N-dealkylation sites (tertiary alicyclic amines) is 1. The average Bonchev–Trinajstić information content (AvgIpc) is 3.05. The van der Waals surface area contributed by atoms with Crippen LogP contribution in [0, 0.1) is 17.8 Å². The molecule has 2 aliphatic rings. The van der Waals surface area contributed by atoms with Crippen molar-refractivity contribution in [1.29, 1.82) is 0 Å². The van der Waals surface area contributed by atoms with Gasteiger partial charge in [0.15, 0.2) is 0 Å². The molecule has 2 unspecified atom stereocenters. The highest BCUT2D eigenvalue weighted by atomic mass is 79.9. The summed E-state index contributed by atoms with van der Waals surface area (Å²) >= 11 is 3.35. The summed E-state index contributed by atoms with van der Waals surface area (Å²) in [6.07, 6.45) is 0. The lowest BCUT2D eigenvalue weighted by Crippen LogP contribution is -2.35. The van der Waals surface area contributed by atoms with Crippen molar-refractivity contribution in [2.24, 2.45) is 23.5 Å². The molecule has 1 aliphatic heterocycles. The lowest BCUT2D eigenvalue weighted by molar-refractivity contribution is -0.142. The third-order valence-electron chi connectivity index (χ3n) is 3.80. The molecule has 3 rings (SSSR count). The minimum atomic E-state index is -0.141. The van der Waals surface area contributed by atoms with Crippen LogP contribution in [0.3, 0.4) is 0 Å². The third-order valence-corrected chi connectivity index (χ3v) is 4.33. The first-order chi connectivity index (χ1) is 8.63. The molecule has 2 fully saturated rings. The van der Waals surface area contributed by atoms with E-state index in [1.165, 1.54) is 4.90 Å². The Bertz CT molecular complexity index is 492. The summed E-state index contributed by atoms with van der Waals surface area (Å²) < 4.78 is 0.983. The molecule has 1 aromatic rings. The molecule has 1 saturated heterocycles. The Labute approximate surface area is 113 Å². The van der Waals surface area contributed by atoms with Crippen molar-refractivity contribution in [3.63, 3.8) is 0 Å². The van der Waals surface area contributed by atoms with Gasteiger partial charge in [0, 0.05) is 4.47 Å². The standard InChI is InChI=1S/C13H13BrN2O2/c14-8-3-1-7(2-4-8)6-16-12(17)10-9(5-15)11(10)13(16)18/h1-4,9-11H,5-6,15H2. The Morgan fingerprint density at radius 3 is 2.17 bits per heavy atom. The Morgan fingerprint density at radius 2 is 1.67 bits per heavy atom. The first-order valence-corrected chi connectivity index (χ1v) is 6.72. The van der Waals surface area contributed by atoms with Crippen LogP contribution in [0.4, 0.5) is 0 Å². The normalized spacial score (nSPS) is 29.7. The predicted octanol–water partition coefficient (Wildman–Crippen LogP) is 1.14. The molecule has 5 heteroatoms. The minimum absolute atomic E-state index is 0.0524. The molecule has 0 bridgehead atoms. The van der Waals surface area contributed by atoms with Crippen LogP contribution in [0.1, 0.15) is 5.56 Å². The van der Waals surface area contributed by atoms with Crippen LogP contribution < -0.4 is 5.73 Å². The molecule has 2 N–H and O–H groups in total. The van der Waals surface area contributed by atoms with E-state index in [-0.39, 0.29) is 29.6 Å². The zero-order valence-electron chi connectivity index (χ0n) is 9.67. The van der Waals surface area contributed by atoms with Crippen molar-refractivity contribution >= 4 is 27.7 Å². The lowest BCUT2D eigenvalue weighted by Gasteiger charge is -2.18. The molecule has 4 nitrogen and oxygen atoms in total. The van der Waals surface area contributed by atoms with Crippen molar-refractivity contribution in [3.05, 3.63) is 34.3 Å². The van der Waals surface area contributed by atoms with Crippen LogP contribution in [-0.4, -0.2) is 23.3 Å². The highest BCUT2D eigenvalue weighted by molar-refractivity contribution is 9.10. The number of carbonyl (C=O) groups excluding carboxylic acids is 2. The monoisotopic (exact) mass is 308 g/mol. The molecule has 2 atom stereocenters. The van der Waals surface area contributed by atoms with E-state index in [9.17, 15) is 9.59 Å². The summed E-state index contributed by atoms with van der Waals surface area (Å²) in [5.74, 6) is -0.297. The Balaban J connectivity index is 1.74. The summed E-state index contributed by atoms with van der Waals surface area (Å²) in [5.41, 5.74) is 6.50. The molecule has 1 aromatic carbocycles. The molecule has 0 spiro atoms. The van der Waals surface area contributed by atoms with E-state index in [2.05, 4.69) is 15.9 Å². The Morgan fingerprint density at radius 1 is 1.11 bits per heavy atom. The molecule has 94 valence electrons. The van der Waals surface area contributed by atoms with Crippen molar-refractivity contribution in [3.8, 4) is 0 Å². The minimum Gasteiger partial charge on any atom is -0.330 e. The maximum absolute atomic E-state index is 12.0. The summed E-state index contributed by atoms with van der Waals surface area (Å²) in [7, 11) is 0. The van der Waals surface area contributed by atoms with Crippen LogP contribution in [0.15, 0.2) is 28.7 Å². The molecular weight excluding hydrogens is 296 g/mol. The van der Waals surface area contributed by atoms with Gasteiger partial charge in [-0.15, -0.1) is 0 Å². The van der Waals surface area contributed by atoms with E-state index in [0.717, 1.165) is 10.0 Å². The Kier molecular flexibility index (Phi) is 2.75. The summed E-state index contributed by atoms with van der Waals surface area (Å²) in [4.78, 5) is 25.4. The van der Waals surface area contributed by atoms with Crippen molar-refractivity contribution < 1.29 is 9.59 Å². The van der Waals surface area contributed by atoms with Gasteiger partial charge >= 0.3 is 0 Å². The van der Waals surface area contributed by atoms with E-state index in [1.54, 1.807) is 0 Å². The molecule has 18 heavy (non-hydrogen) atoms. The number of amides is 2. The van der Waals surface area contributed by atoms with Crippen LogP contribution in [0.25, 0.3) is 0 Å². The maximum Gasteiger partial charge on any atom is 0.233 e. The van der Waals surface area contributed by atoms with Gasteiger partial charge in [-0.2, -0.15) is 0 Å². The molecule has 1 aliphatic carbocycles. The Hall–Kier alpha value is -1.20. The lowest BCUT2D eigenvalue weighted by atomic mass is 10.2. The van der Waals surface area contributed by atoms with Gasteiger partial charge in [-0.3, -0.25) is 14.5 Å². The molecule has 2 amide bonds. The van der Waals surface area contributed by atoms with Gasteiger partial charge in [-0.25, -0.2) is 0 Å². The van der Waals surface area contributed by atoms with Gasteiger partial charge in [0.25, 0.3) is 0 Å². The largest absolute Gasteiger partial charge is 0.330 e. The quantitative estimate of drug-likeness (QED) is 0.852. The summed E-state index contributed by atoms with van der Waals surface area (Å²) in [6.45, 7) is 0.800.